The summed E-state index contributed by atoms with van der Waals surface area (Å²) in [6.45, 7) is -13.0. The van der Waals surface area contributed by atoms with Crippen LogP contribution >= 0.6 is 136 Å². The first-order valence-corrected chi connectivity index (χ1v) is 29.8. The molecule has 30 nitrogen and oxygen atoms in total. The highest BCUT2D eigenvalue weighted by Gasteiger charge is 2.37. The third-order valence-corrected chi connectivity index (χ3v) is 17.2. The Hall–Kier alpha value is -1.40. The summed E-state index contributed by atoms with van der Waals surface area (Å²) >= 11 is 9.70. The fourth-order valence-corrected chi connectivity index (χ4v) is 14.6. The van der Waals surface area contributed by atoms with Gasteiger partial charge in [0.2, 0.25) is 0 Å². The Morgan fingerprint density at radius 1 is 0.412 bits per heavy atom. The van der Waals surface area contributed by atoms with E-state index in [0.717, 1.165) is 28.8 Å². The number of amides is 6. The number of ether oxygens (including phenoxy) is 2. The summed E-state index contributed by atoms with van der Waals surface area (Å²) in [5, 5.41) is 162. The molecule has 17 N–H and O–H groups in total. The molecule has 36 heteroatoms. The number of rotatable bonds is 33. The van der Waals surface area contributed by atoms with Crippen molar-refractivity contribution >= 4 is 183 Å². The van der Waals surface area contributed by atoms with Gasteiger partial charge < -0.3 is 111 Å². The molecule has 80 heavy (non-hydrogen) atoms. The second-order valence-electron chi connectivity index (χ2n) is 17.2. The minimum Gasteiger partial charge on any atom is -0.446 e. The van der Waals surface area contributed by atoms with E-state index in [-0.39, 0.29) is 51.5 Å². The van der Waals surface area contributed by atoms with Crippen LogP contribution in [-0.2, 0) is 9.47 Å². The van der Waals surface area contributed by atoms with Crippen molar-refractivity contribution in [2.24, 2.45) is 0 Å². The maximum Gasteiger partial charge on any atom is 0.423 e. The average Bonchev–Trinajstić information content (AvgIpc) is 3.43. The molecule has 6 amide bonds. The van der Waals surface area contributed by atoms with Gasteiger partial charge in [0.1, 0.15) is 13.2 Å². The van der Waals surface area contributed by atoms with Crippen LogP contribution in [0.3, 0.4) is 0 Å². The molecule has 0 radical (unpaired) electrons. The molecule has 2 aromatic rings. The van der Waals surface area contributed by atoms with Crippen molar-refractivity contribution in [2.45, 2.75) is 48.8 Å². The molecule has 2 rings (SSSR count). The molecule has 0 aliphatic carbocycles. The van der Waals surface area contributed by atoms with E-state index in [0.29, 0.717) is 0 Å². The van der Waals surface area contributed by atoms with Gasteiger partial charge in [0, 0.05) is 59.5 Å². The molecule has 0 spiro atoms. The standard InChI is InChI=1S/C44H62I6N6O24/c45-33-28(39(73)52(4-20(65)12-57)5-21(66)13-58)3-29(34(46)30(33)40(74)53(6-22(67)14-59)7-23(68)15-60)56(50)44(78)80-2-1-79-43(77)51-38-36(48)31(41(75)54(8-24(69)16-61)9-25(70)17-62)35(47)32(37(38)49)42(76)55(10-26(71)18-63)11-27(72)19-64/h3,20-27,57-72H,1-2,4-19H2,(H,51,77). The van der Waals surface area contributed by atoms with Crippen molar-refractivity contribution in [3.05, 3.63) is 46.2 Å². The molecule has 8 unspecified atom stereocenters. The van der Waals surface area contributed by atoms with Crippen LogP contribution in [0.5, 0.6) is 0 Å². The molecule has 0 aliphatic heterocycles. The van der Waals surface area contributed by atoms with Gasteiger partial charge in [-0.3, -0.25) is 24.5 Å². The Bertz CT molecular complexity index is 2290. The highest BCUT2D eigenvalue weighted by atomic mass is 127. The van der Waals surface area contributed by atoms with E-state index < -0.39 is 203 Å². The number of nitrogens with one attached hydrogen (secondary N) is 1. The summed E-state index contributed by atoms with van der Waals surface area (Å²) in [6.07, 6.45) is -15.0. The third-order valence-electron chi connectivity index (χ3n) is 10.8. The smallest absolute Gasteiger partial charge is 0.423 e. The van der Waals surface area contributed by atoms with Gasteiger partial charge in [0.25, 0.3) is 23.6 Å². The van der Waals surface area contributed by atoms with E-state index in [1.54, 1.807) is 113 Å². The Kier molecular flexibility index (Phi) is 34.8. The zero-order valence-electron chi connectivity index (χ0n) is 41.8. The van der Waals surface area contributed by atoms with Gasteiger partial charge in [-0.25, -0.2) is 12.7 Å². The topological polar surface area (TPSA) is 473 Å². The largest absolute Gasteiger partial charge is 0.446 e. The van der Waals surface area contributed by atoms with Crippen LogP contribution in [-0.4, -0.2) is 304 Å². The summed E-state index contributed by atoms with van der Waals surface area (Å²) < 4.78 is 11.0. The van der Waals surface area contributed by atoms with Crippen molar-refractivity contribution < 1.29 is 120 Å². The minimum atomic E-state index is -1.56. The molecular formula is C44H62I6N6O24. The monoisotopic (exact) mass is 1820 g/mol. The van der Waals surface area contributed by atoms with E-state index in [1.807, 2.05) is 0 Å². The van der Waals surface area contributed by atoms with Gasteiger partial charge in [-0.1, -0.05) is 0 Å². The first-order valence-electron chi connectivity index (χ1n) is 23.4. The lowest BCUT2D eigenvalue weighted by atomic mass is 10.1. The lowest BCUT2D eigenvalue weighted by molar-refractivity contribution is 0.0203. The van der Waals surface area contributed by atoms with Crippen LogP contribution in [0, 0.1) is 17.9 Å². The summed E-state index contributed by atoms with van der Waals surface area (Å²) in [6, 6.07) is 1.13. The normalized spacial score (nSPS) is 14.4. The van der Waals surface area contributed by atoms with Crippen molar-refractivity contribution in [3.8, 4) is 0 Å². The molecule has 454 valence electrons. The molecular weight excluding hydrogens is 1760 g/mol. The molecule has 0 saturated heterocycles. The molecule has 2 aromatic carbocycles. The van der Waals surface area contributed by atoms with E-state index in [4.69, 9.17) is 9.47 Å². The number of carbonyl (C=O) groups excluding carboxylic acids is 6. The predicted octanol–water partition coefficient (Wildman–Crippen LogP) is -4.15. The SMILES string of the molecule is O=C(Nc1c(I)c(C(=O)N(CC(O)CO)CC(O)CO)c(I)c(C(=O)N(CC(O)CO)CC(O)CO)c1I)OCCOC(=O)N(I)c1cc(C(=O)N(CC(O)CO)CC(O)CO)c(I)c(C(=O)N(CC(O)CO)CC(O)CO)c1I. The molecule has 0 fully saturated rings. The Morgan fingerprint density at radius 2 is 0.688 bits per heavy atom. The average molecular weight is 1820 g/mol. The molecule has 8 atom stereocenters. The van der Waals surface area contributed by atoms with Gasteiger partial charge in [-0.05, 0) is 119 Å². The summed E-state index contributed by atoms with van der Waals surface area (Å²) in [7, 11) is 0. The molecule has 0 heterocycles. The number of hydrogen-bond donors (Lipinski definition) is 17. The number of benzene rings is 2. The van der Waals surface area contributed by atoms with E-state index in [1.165, 1.54) is 22.9 Å². The fraction of sp³-hybridized carbons (Fsp3) is 0.591. The van der Waals surface area contributed by atoms with Gasteiger partial charge in [-0.2, -0.15) is 0 Å². The summed E-state index contributed by atoms with van der Waals surface area (Å²) in [5.74, 6) is -3.99. The number of aliphatic hydroxyl groups excluding tert-OH is 16. The number of hydrogen-bond acceptors (Lipinski definition) is 24. The van der Waals surface area contributed by atoms with E-state index in [2.05, 4.69) is 5.32 Å². The van der Waals surface area contributed by atoms with Crippen molar-refractivity contribution in [1.82, 2.24) is 19.6 Å². The highest BCUT2D eigenvalue weighted by molar-refractivity contribution is 14.1. The molecule has 0 aliphatic rings. The second-order valence-corrected chi connectivity index (χ2v) is 23.6. The maximum atomic E-state index is 14.4. The zero-order chi connectivity index (χ0) is 60.9. The number of halogens is 6. The first-order chi connectivity index (χ1) is 37.6. The minimum absolute atomic E-state index is 0.0539. The van der Waals surface area contributed by atoms with Crippen molar-refractivity contribution in [2.75, 3.05) is 127 Å². The Labute approximate surface area is 538 Å². The van der Waals surface area contributed by atoms with Gasteiger partial charge in [-0.15, -0.1) is 0 Å². The van der Waals surface area contributed by atoms with Crippen LogP contribution in [0.15, 0.2) is 6.07 Å². The number of carbonyl (C=O) groups is 6. The molecule has 0 aromatic heterocycles. The van der Waals surface area contributed by atoms with Crippen LogP contribution < -0.4 is 8.43 Å². The lowest BCUT2D eigenvalue weighted by Crippen LogP contribution is -2.46. The first kappa shape index (κ1) is 74.7. The van der Waals surface area contributed by atoms with Crippen LogP contribution in [0.4, 0.5) is 21.0 Å². The Balaban J connectivity index is 2.71. The van der Waals surface area contributed by atoms with Crippen LogP contribution in [0.25, 0.3) is 0 Å². The third kappa shape index (κ3) is 21.8. The lowest BCUT2D eigenvalue weighted by Gasteiger charge is -2.30. The quantitative estimate of drug-likeness (QED) is 0.0183. The zero-order valence-corrected chi connectivity index (χ0v) is 54.8. The fourth-order valence-electron chi connectivity index (χ4n) is 6.92. The maximum absolute atomic E-state index is 14.4. The predicted molar refractivity (Wildman–Crippen MR) is 328 cm³/mol. The number of anilines is 2. The van der Waals surface area contributed by atoms with Crippen LogP contribution in [0.1, 0.15) is 41.4 Å². The number of nitrogens with zero attached hydrogens (tertiary/aromatic N) is 5. The van der Waals surface area contributed by atoms with E-state index >= 15 is 0 Å². The van der Waals surface area contributed by atoms with Gasteiger partial charge in [0.15, 0.2) is 0 Å². The summed E-state index contributed by atoms with van der Waals surface area (Å²) in [4.78, 5) is 88.3. The summed E-state index contributed by atoms with van der Waals surface area (Å²) in [5.41, 5.74) is -1.83. The highest BCUT2D eigenvalue weighted by Crippen LogP contribution is 2.39. The second kappa shape index (κ2) is 37.2. The van der Waals surface area contributed by atoms with Gasteiger partial charge >= 0.3 is 12.2 Å². The Morgan fingerprint density at radius 3 is 0.988 bits per heavy atom. The molecule has 0 bridgehead atoms. The van der Waals surface area contributed by atoms with Gasteiger partial charge in [0.05, 0.1) is 169 Å². The van der Waals surface area contributed by atoms with E-state index in [9.17, 15) is 110 Å². The van der Waals surface area contributed by atoms with Crippen LogP contribution in [0.2, 0.25) is 0 Å². The number of aliphatic hydroxyl groups is 16. The van der Waals surface area contributed by atoms with Crippen molar-refractivity contribution in [3.63, 3.8) is 0 Å². The van der Waals surface area contributed by atoms with Crippen molar-refractivity contribution in [1.29, 1.82) is 0 Å². The molecule has 0 saturated carbocycles.